The third kappa shape index (κ3) is 5.13. The summed E-state index contributed by atoms with van der Waals surface area (Å²) in [5.74, 6) is -0.207. The summed E-state index contributed by atoms with van der Waals surface area (Å²) in [6.45, 7) is 7.50. The number of halogens is 3. The SMILES string of the molecule is C=C/C=C(\O)c1ccc2nc(-c3cccc(OC(F)(F)F)c3)oc2c1.CC. The Kier molecular flexibility index (Phi) is 6.28. The molecule has 4 nitrogen and oxygen atoms in total. The summed E-state index contributed by atoms with van der Waals surface area (Å²) in [7, 11) is 0. The predicted molar refractivity (Wildman–Crippen MR) is 98.3 cm³/mol. The third-order valence-electron chi connectivity index (χ3n) is 3.27. The van der Waals surface area contributed by atoms with E-state index in [0.717, 1.165) is 0 Å². The van der Waals surface area contributed by atoms with Crippen LogP contribution in [-0.4, -0.2) is 16.5 Å². The van der Waals surface area contributed by atoms with E-state index >= 15 is 0 Å². The molecule has 0 fully saturated rings. The summed E-state index contributed by atoms with van der Waals surface area (Å²) in [6, 6.07) is 10.2. The fraction of sp³-hybridized carbons (Fsp3) is 0.150. The maximum atomic E-state index is 12.3. The number of ether oxygens (including phenoxy) is 1. The molecule has 0 saturated carbocycles. The van der Waals surface area contributed by atoms with Gasteiger partial charge >= 0.3 is 6.36 Å². The number of fused-ring (bicyclic) bond motifs is 1. The summed E-state index contributed by atoms with van der Waals surface area (Å²) >= 11 is 0. The molecule has 0 atom stereocenters. The molecule has 0 spiro atoms. The van der Waals surface area contributed by atoms with Gasteiger partial charge in [0.15, 0.2) is 5.58 Å². The molecule has 7 heteroatoms. The first-order chi connectivity index (χ1) is 12.9. The quantitative estimate of drug-likeness (QED) is 0.416. The molecule has 0 bridgehead atoms. The zero-order valence-electron chi connectivity index (χ0n) is 14.7. The van der Waals surface area contributed by atoms with E-state index in [1.165, 1.54) is 30.4 Å². The number of allylic oxidation sites excluding steroid dienone is 2. The highest BCUT2D eigenvalue weighted by Gasteiger charge is 2.31. The highest BCUT2D eigenvalue weighted by atomic mass is 19.4. The Morgan fingerprint density at radius 2 is 1.93 bits per heavy atom. The van der Waals surface area contributed by atoms with E-state index in [9.17, 15) is 18.3 Å². The van der Waals surface area contributed by atoms with Crippen molar-refractivity contribution in [3.8, 4) is 17.2 Å². The molecule has 0 saturated heterocycles. The van der Waals surface area contributed by atoms with Crippen LogP contribution in [0.5, 0.6) is 5.75 Å². The van der Waals surface area contributed by atoms with Gasteiger partial charge in [-0.3, -0.25) is 0 Å². The maximum Gasteiger partial charge on any atom is 0.573 e. The lowest BCUT2D eigenvalue weighted by Gasteiger charge is -2.08. The molecular formula is C20H18F3NO3. The van der Waals surface area contributed by atoms with E-state index in [1.807, 2.05) is 13.8 Å². The average Bonchev–Trinajstić information content (AvgIpc) is 3.06. The van der Waals surface area contributed by atoms with Gasteiger partial charge in [0.25, 0.3) is 0 Å². The van der Waals surface area contributed by atoms with Crippen LogP contribution in [0.2, 0.25) is 0 Å². The van der Waals surface area contributed by atoms with Gasteiger partial charge in [-0.15, -0.1) is 13.2 Å². The molecule has 3 rings (SSSR count). The predicted octanol–water partition coefficient (Wildman–Crippen LogP) is 6.50. The van der Waals surface area contributed by atoms with Gasteiger partial charge in [-0.25, -0.2) is 4.98 Å². The highest BCUT2D eigenvalue weighted by molar-refractivity contribution is 5.80. The summed E-state index contributed by atoms with van der Waals surface area (Å²) in [6.07, 6.45) is -1.91. The Labute approximate surface area is 154 Å². The highest BCUT2D eigenvalue weighted by Crippen LogP contribution is 2.30. The number of hydrogen-bond acceptors (Lipinski definition) is 4. The second-order valence-corrected chi connectivity index (χ2v) is 5.06. The molecule has 2 aromatic carbocycles. The van der Waals surface area contributed by atoms with Crippen molar-refractivity contribution in [1.29, 1.82) is 0 Å². The largest absolute Gasteiger partial charge is 0.573 e. The van der Waals surface area contributed by atoms with Crippen molar-refractivity contribution in [2.75, 3.05) is 0 Å². The topological polar surface area (TPSA) is 55.5 Å². The second-order valence-electron chi connectivity index (χ2n) is 5.06. The zero-order chi connectivity index (χ0) is 20.0. The van der Waals surface area contributed by atoms with Gasteiger partial charge in [0.05, 0.1) is 0 Å². The van der Waals surface area contributed by atoms with Gasteiger partial charge in [0.2, 0.25) is 5.89 Å². The number of nitrogens with zero attached hydrogens (tertiary/aromatic N) is 1. The first-order valence-electron chi connectivity index (χ1n) is 8.14. The monoisotopic (exact) mass is 377 g/mol. The summed E-state index contributed by atoms with van der Waals surface area (Å²) in [5.41, 5.74) is 1.74. The van der Waals surface area contributed by atoms with Crippen LogP contribution in [0.1, 0.15) is 19.4 Å². The molecule has 27 heavy (non-hydrogen) atoms. The van der Waals surface area contributed by atoms with Gasteiger partial charge in [0.1, 0.15) is 17.0 Å². The van der Waals surface area contributed by atoms with Crippen LogP contribution in [0, 0.1) is 0 Å². The van der Waals surface area contributed by atoms with Gasteiger partial charge in [-0.1, -0.05) is 32.6 Å². The Balaban J connectivity index is 0.00000126. The first-order valence-corrected chi connectivity index (χ1v) is 8.14. The molecule has 0 aliphatic rings. The smallest absolute Gasteiger partial charge is 0.507 e. The molecule has 0 radical (unpaired) electrons. The number of oxazole rings is 1. The summed E-state index contributed by atoms with van der Waals surface area (Å²) in [5, 5.41) is 9.85. The number of benzene rings is 2. The molecule has 1 aromatic heterocycles. The number of alkyl halides is 3. The Morgan fingerprint density at radius 1 is 1.19 bits per heavy atom. The van der Waals surface area contributed by atoms with Crippen LogP contribution in [0.4, 0.5) is 13.2 Å². The number of aliphatic hydroxyl groups is 1. The Hall–Kier alpha value is -3.22. The molecule has 0 aliphatic heterocycles. The molecule has 142 valence electrons. The van der Waals surface area contributed by atoms with Crippen molar-refractivity contribution in [3.63, 3.8) is 0 Å². The molecular weight excluding hydrogens is 359 g/mol. The lowest BCUT2D eigenvalue weighted by Crippen LogP contribution is -2.17. The van der Waals surface area contributed by atoms with E-state index in [-0.39, 0.29) is 17.4 Å². The van der Waals surface area contributed by atoms with Crippen LogP contribution in [0.25, 0.3) is 28.3 Å². The molecule has 0 amide bonds. The van der Waals surface area contributed by atoms with Crippen LogP contribution in [-0.2, 0) is 0 Å². The Morgan fingerprint density at radius 3 is 2.59 bits per heavy atom. The number of rotatable bonds is 4. The maximum absolute atomic E-state index is 12.3. The second kappa shape index (κ2) is 8.44. The minimum Gasteiger partial charge on any atom is -0.507 e. The zero-order valence-corrected chi connectivity index (χ0v) is 14.7. The van der Waals surface area contributed by atoms with E-state index in [4.69, 9.17) is 4.42 Å². The van der Waals surface area contributed by atoms with Crippen molar-refractivity contribution in [2.24, 2.45) is 0 Å². The van der Waals surface area contributed by atoms with Gasteiger partial charge in [-0.2, -0.15) is 0 Å². The fourth-order valence-electron chi connectivity index (χ4n) is 2.24. The van der Waals surface area contributed by atoms with Crippen LogP contribution in [0.3, 0.4) is 0 Å². The van der Waals surface area contributed by atoms with E-state index in [1.54, 1.807) is 24.3 Å². The van der Waals surface area contributed by atoms with Crippen LogP contribution >= 0.6 is 0 Å². The number of aliphatic hydroxyl groups excluding tert-OH is 1. The van der Waals surface area contributed by atoms with E-state index in [2.05, 4.69) is 16.3 Å². The molecule has 0 unspecified atom stereocenters. The van der Waals surface area contributed by atoms with Crippen molar-refractivity contribution in [2.45, 2.75) is 20.2 Å². The van der Waals surface area contributed by atoms with E-state index in [0.29, 0.717) is 22.2 Å². The van der Waals surface area contributed by atoms with Crippen molar-refractivity contribution >= 4 is 16.9 Å². The van der Waals surface area contributed by atoms with Gasteiger partial charge in [0, 0.05) is 11.1 Å². The van der Waals surface area contributed by atoms with Crippen LogP contribution in [0.15, 0.2) is 65.6 Å². The number of hydrogen-bond donors (Lipinski definition) is 1. The molecule has 3 aromatic rings. The normalized spacial score (nSPS) is 11.7. The lowest BCUT2D eigenvalue weighted by atomic mass is 10.1. The van der Waals surface area contributed by atoms with Crippen molar-refractivity contribution < 1.29 is 27.4 Å². The minimum atomic E-state index is -4.77. The first kappa shape index (κ1) is 20.1. The summed E-state index contributed by atoms with van der Waals surface area (Å²) in [4.78, 5) is 4.24. The standard InChI is InChI=1S/C18H12F3NO3.C2H6/c1-2-4-15(23)11-7-8-14-16(10-11)24-17(22-14)12-5-3-6-13(9-12)25-18(19,20)21;1-2/h2-10,23H,1H2;1-2H3/b15-4-;. The lowest BCUT2D eigenvalue weighted by molar-refractivity contribution is -0.274. The molecule has 1 N–H and O–H groups in total. The van der Waals surface area contributed by atoms with E-state index < -0.39 is 6.36 Å². The van der Waals surface area contributed by atoms with Crippen molar-refractivity contribution in [3.05, 3.63) is 66.8 Å². The minimum absolute atomic E-state index is 0.00965. The average molecular weight is 377 g/mol. The van der Waals surface area contributed by atoms with Crippen molar-refractivity contribution in [1.82, 2.24) is 4.98 Å². The summed E-state index contributed by atoms with van der Waals surface area (Å²) < 4.78 is 46.5. The Bertz CT molecular complexity index is 959. The third-order valence-corrected chi connectivity index (χ3v) is 3.27. The molecule has 0 aliphatic carbocycles. The van der Waals surface area contributed by atoms with Crippen LogP contribution < -0.4 is 4.74 Å². The van der Waals surface area contributed by atoms with Gasteiger partial charge < -0.3 is 14.3 Å². The molecule has 1 heterocycles. The number of aromatic nitrogens is 1. The fourth-order valence-corrected chi connectivity index (χ4v) is 2.24. The van der Waals surface area contributed by atoms with Gasteiger partial charge in [-0.05, 0) is 42.5 Å².